The molecule has 1 unspecified atom stereocenters. The molecular weight excluding hydrogens is 392 g/mol. The average Bonchev–Trinajstić information content (AvgIpc) is 3.51. The number of esters is 1. The lowest BCUT2D eigenvalue weighted by atomic mass is 9.61. The maximum absolute atomic E-state index is 12.4. The SMILES string of the molecule is COC(=O)c1ccc(CCN2C(=O)CCN2CCCC(O)C2(CC3CC3)CCC2)cc1. The lowest BCUT2D eigenvalue weighted by Crippen LogP contribution is -2.43. The number of hydrazine groups is 1. The summed E-state index contributed by atoms with van der Waals surface area (Å²) in [4.78, 5) is 24.0. The molecule has 3 aliphatic rings. The smallest absolute Gasteiger partial charge is 0.337 e. The molecule has 0 aromatic heterocycles. The molecule has 6 nitrogen and oxygen atoms in total. The molecule has 170 valence electrons. The summed E-state index contributed by atoms with van der Waals surface area (Å²) in [5, 5.41) is 14.9. The van der Waals surface area contributed by atoms with Crippen molar-refractivity contribution in [1.82, 2.24) is 10.0 Å². The second kappa shape index (κ2) is 9.70. The average molecular weight is 429 g/mol. The summed E-state index contributed by atoms with van der Waals surface area (Å²) in [6.45, 7) is 2.23. The van der Waals surface area contributed by atoms with Crippen LogP contribution in [0.15, 0.2) is 24.3 Å². The maximum Gasteiger partial charge on any atom is 0.337 e. The van der Waals surface area contributed by atoms with E-state index in [0.29, 0.717) is 18.5 Å². The highest BCUT2D eigenvalue weighted by Gasteiger charge is 2.46. The molecule has 31 heavy (non-hydrogen) atoms. The molecule has 1 saturated heterocycles. The number of amides is 1. The van der Waals surface area contributed by atoms with Gasteiger partial charge in [-0.3, -0.25) is 9.80 Å². The van der Waals surface area contributed by atoms with E-state index in [0.717, 1.165) is 43.8 Å². The standard InChI is InChI=1S/C25H36N2O4/c1-31-24(30)21-9-7-19(8-10-21)11-17-27-23(29)12-16-26(27)15-2-4-22(28)25(13-3-14-25)18-20-5-6-20/h7-10,20,22,28H,2-6,11-18H2,1H3. The third kappa shape index (κ3) is 5.29. The summed E-state index contributed by atoms with van der Waals surface area (Å²) in [5.41, 5.74) is 1.82. The van der Waals surface area contributed by atoms with Crippen LogP contribution < -0.4 is 0 Å². The van der Waals surface area contributed by atoms with Gasteiger partial charge in [0.2, 0.25) is 5.91 Å². The molecule has 0 radical (unpaired) electrons. The van der Waals surface area contributed by atoms with Crippen LogP contribution in [0.4, 0.5) is 0 Å². The van der Waals surface area contributed by atoms with Gasteiger partial charge in [-0.15, -0.1) is 0 Å². The van der Waals surface area contributed by atoms with E-state index >= 15 is 0 Å². The van der Waals surface area contributed by atoms with Crippen molar-refractivity contribution in [3.63, 3.8) is 0 Å². The molecule has 3 fully saturated rings. The highest BCUT2D eigenvalue weighted by molar-refractivity contribution is 5.89. The van der Waals surface area contributed by atoms with Crippen LogP contribution >= 0.6 is 0 Å². The number of aliphatic hydroxyl groups is 1. The number of benzene rings is 1. The summed E-state index contributed by atoms with van der Waals surface area (Å²) in [6.07, 6.45) is 10.4. The number of carbonyl (C=O) groups is 2. The largest absolute Gasteiger partial charge is 0.465 e. The van der Waals surface area contributed by atoms with Crippen LogP contribution in [0.2, 0.25) is 0 Å². The molecule has 1 heterocycles. The maximum atomic E-state index is 12.4. The first-order valence-corrected chi connectivity index (χ1v) is 11.9. The molecule has 1 atom stereocenters. The lowest BCUT2D eigenvalue weighted by Gasteiger charge is -2.46. The van der Waals surface area contributed by atoms with E-state index < -0.39 is 0 Å². The van der Waals surface area contributed by atoms with Crippen molar-refractivity contribution in [3.05, 3.63) is 35.4 Å². The second-order valence-electron chi connectivity index (χ2n) is 9.68. The second-order valence-corrected chi connectivity index (χ2v) is 9.68. The Bertz CT molecular complexity index is 770. The Morgan fingerprint density at radius 3 is 2.58 bits per heavy atom. The minimum Gasteiger partial charge on any atom is -0.465 e. The Morgan fingerprint density at radius 1 is 1.23 bits per heavy atom. The van der Waals surface area contributed by atoms with Gasteiger partial charge in [-0.25, -0.2) is 9.80 Å². The Balaban J connectivity index is 1.24. The van der Waals surface area contributed by atoms with Crippen molar-refractivity contribution < 1.29 is 19.4 Å². The molecule has 2 saturated carbocycles. The van der Waals surface area contributed by atoms with E-state index in [1.807, 2.05) is 17.1 Å². The molecule has 1 amide bonds. The fourth-order valence-corrected chi connectivity index (χ4v) is 5.27. The Hall–Kier alpha value is -1.92. The van der Waals surface area contributed by atoms with Gasteiger partial charge in [0.05, 0.1) is 18.8 Å². The van der Waals surface area contributed by atoms with Gasteiger partial charge >= 0.3 is 5.97 Å². The van der Waals surface area contributed by atoms with E-state index in [1.54, 1.807) is 12.1 Å². The summed E-state index contributed by atoms with van der Waals surface area (Å²) in [6, 6.07) is 7.38. The molecule has 0 bridgehead atoms. The van der Waals surface area contributed by atoms with Crippen LogP contribution in [-0.2, 0) is 16.0 Å². The number of methoxy groups -OCH3 is 1. The number of aliphatic hydroxyl groups excluding tert-OH is 1. The molecule has 1 aliphatic heterocycles. The Labute approximate surface area is 185 Å². The third-order valence-corrected chi connectivity index (χ3v) is 7.54. The Kier molecular flexibility index (Phi) is 6.97. The first-order valence-electron chi connectivity index (χ1n) is 11.9. The predicted molar refractivity (Wildman–Crippen MR) is 118 cm³/mol. The number of carbonyl (C=O) groups excluding carboxylic acids is 2. The summed E-state index contributed by atoms with van der Waals surface area (Å²) >= 11 is 0. The lowest BCUT2D eigenvalue weighted by molar-refractivity contribution is -0.138. The van der Waals surface area contributed by atoms with Gasteiger partial charge in [0, 0.05) is 26.1 Å². The highest BCUT2D eigenvalue weighted by atomic mass is 16.5. The van der Waals surface area contributed by atoms with Crippen LogP contribution in [-0.4, -0.2) is 59.8 Å². The molecule has 4 rings (SSSR count). The minimum absolute atomic E-state index is 0.177. The van der Waals surface area contributed by atoms with Gasteiger partial charge in [-0.1, -0.05) is 31.4 Å². The van der Waals surface area contributed by atoms with Crippen molar-refractivity contribution in [1.29, 1.82) is 0 Å². The number of ether oxygens (including phenoxy) is 1. The third-order valence-electron chi connectivity index (χ3n) is 7.54. The summed E-state index contributed by atoms with van der Waals surface area (Å²) in [5.74, 6) is 0.703. The fourth-order valence-electron chi connectivity index (χ4n) is 5.27. The molecular formula is C25H36N2O4. The molecule has 6 heteroatoms. The van der Waals surface area contributed by atoms with Gasteiger partial charge in [0.1, 0.15) is 0 Å². The zero-order chi connectivity index (χ0) is 21.8. The molecule has 1 N–H and O–H groups in total. The number of hydrogen-bond donors (Lipinski definition) is 1. The van der Waals surface area contributed by atoms with Gasteiger partial charge in [0.15, 0.2) is 0 Å². The minimum atomic E-state index is -0.338. The highest BCUT2D eigenvalue weighted by Crippen LogP contribution is 2.53. The van der Waals surface area contributed by atoms with Crippen LogP contribution in [0, 0.1) is 11.3 Å². The van der Waals surface area contributed by atoms with Crippen LogP contribution in [0.5, 0.6) is 0 Å². The van der Waals surface area contributed by atoms with E-state index in [-0.39, 0.29) is 23.4 Å². The first-order chi connectivity index (χ1) is 15.0. The van der Waals surface area contributed by atoms with E-state index in [1.165, 1.54) is 45.6 Å². The zero-order valence-corrected chi connectivity index (χ0v) is 18.7. The summed E-state index contributed by atoms with van der Waals surface area (Å²) in [7, 11) is 1.38. The van der Waals surface area contributed by atoms with Crippen molar-refractivity contribution in [3.8, 4) is 0 Å². The topological polar surface area (TPSA) is 70.1 Å². The van der Waals surface area contributed by atoms with Crippen molar-refractivity contribution >= 4 is 11.9 Å². The van der Waals surface area contributed by atoms with Gasteiger partial charge in [-0.05, 0) is 67.6 Å². The molecule has 1 aromatic carbocycles. The summed E-state index contributed by atoms with van der Waals surface area (Å²) < 4.78 is 4.74. The Morgan fingerprint density at radius 2 is 1.97 bits per heavy atom. The molecule has 0 spiro atoms. The monoisotopic (exact) mass is 428 g/mol. The molecule has 1 aromatic rings. The van der Waals surface area contributed by atoms with Crippen molar-refractivity contribution in [2.45, 2.75) is 70.3 Å². The van der Waals surface area contributed by atoms with Gasteiger partial charge in [-0.2, -0.15) is 0 Å². The van der Waals surface area contributed by atoms with E-state index in [2.05, 4.69) is 5.01 Å². The van der Waals surface area contributed by atoms with Crippen LogP contribution in [0.25, 0.3) is 0 Å². The van der Waals surface area contributed by atoms with Crippen molar-refractivity contribution in [2.75, 3.05) is 26.7 Å². The van der Waals surface area contributed by atoms with E-state index in [9.17, 15) is 14.7 Å². The van der Waals surface area contributed by atoms with Gasteiger partial charge < -0.3 is 9.84 Å². The first kappa shape index (κ1) is 22.3. The number of rotatable bonds is 11. The quantitative estimate of drug-likeness (QED) is 0.546. The number of hydrogen-bond acceptors (Lipinski definition) is 5. The normalized spacial score (nSPS) is 21.7. The van der Waals surface area contributed by atoms with Crippen LogP contribution in [0.3, 0.4) is 0 Å². The zero-order valence-electron chi connectivity index (χ0n) is 18.7. The van der Waals surface area contributed by atoms with Crippen molar-refractivity contribution in [2.24, 2.45) is 11.3 Å². The molecule has 2 aliphatic carbocycles. The van der Waals surface area contributed by atoms with Gasteiger partial charge in [0.25, 0.3) is 0 Å². The van der Waals surface area contributed by atoms with E-state index in [4.69, 9.17) is 4.74 Å². The van der Waals surface area contributed by atoms with Crippen LogP contribution in [0.1, 0.15) is 73.7 Å². The number of nitrogens with zero attached hydrogens (tertiary/aromatic N) is 2. The fraction of sp³-hybridized carbons (Fsp3) is 0.680. The predicted octanol–water partition coefficient (Wildman–Crippen LogP) is 3.58.